The number of hydrogen-bond donors (Lipinski definition) is 2. The normalized spacial score (nSPS) is 12.9. The van der Waals surface area contributed by atoms with Crippen molar-refractivity contribution in [1.29, 1.82) is 0 Å². The van der Waals surface area contributed by atoms with Crippen molar-refractivity contribution in [3.8, 4) is 0 Å². The van der Waals surface area contributed by atoms with Gasteiger partial charge in [-0.2, -0.15) is 0 Å². The predicted molar refractivity (Wildman–Crippen MR) is 282 cm³/mol. The van der Waals surface area contributed by atoms with Crippen molar-refractivity contribution in [2.24, 2.45) is 0 Å². The standard InChI is InChI=1S/C59H114O8/c1-4-7-10-13-16-19-22-25-28-31-34-37-40-43-46-49-56(62)65-53-55(66-57(63)50-47-44-41-38-35-32-29-26-23-20-17-14-11-8-5-2)59(54(61)52-60)67-58(64)51-48-45-42-39-36-33-30-27-24-21-18-15-12-9-6-3/h54-55,59-61H,4-53H2,1-3H3/t54-,55+,59+/m1/s1. The van der Waals surface area contributed by atoms with Crippen molar-refractivity contribution in [3.63, 3.8) is 0 Å². The first-order valence-electron chi connectivity index (χ1n) is 29.7. The molecule has 0 aromatic carbocycles. The van der Waals surface area contributed by atoms with Gasteiger partial charge in [0.05, 0.1) is 6.61 Å². The van der Waals surface area contributed by atoms with Crippen LogP contribution >= 0.6 is 0 Å². The maximum atomic E-state index is 13.1. The summed E-state index contributed by atoms with van der Waals surface area (Å²) in [6, 6.07) is 0. The molecule has 0 amide bonds. The Labute approximate surface area is 415 Å². The van der Waals surface area contributed by atoms with E-state index in [1.54, 1.807) is 0 Å². The van der Waals surface area contributed by atoms with Crippen molar-refractivity contribution in [2.45, 2.75) is 347 Å². The summed E-state index contributed by atoms with van der Waals surface area (Å²) in [6.45, 7) is 5.77. The fraction of sp³-hybridized carbons (Fsp3) is 0.949. The van der Waals surface area contributed by atoms with Crippen LogP contribution < -0.4 is 0 Å². The summed E-state index contributed by atoms with van der Waals surface area (Å²) in [5, 5.41) is 20.8. The summed E-state index contributed by atoms with van der Waals surface area (Å²) < 4.78 is 17.1. The second-order valence-electron chi connectivity index (χ2n) is 20.5. The van der Waals surface area contributed by atoms with Crippen LogP contribution in [0.5, 0.6) is 0 Å². The fourth-order valence-electron chi connectivity index (χ4n) is 9.31. The minimum atomic E-state index is -1.48. The largest absolute Gasteiger partial charge is 0.462 e. The van der Waals surface area contributed by atoms with Crippen LogP contribution in [0.4, 0.5) is 0 Å². The van der Waals surface area contributed by atoms with Crippen LogP contribution in [0, 0.1) is 0 Å². The number of rotatable bonds is 55. The topological polar surface area (TPSA) is 119 Å². The maximum Gasteiger partial charge on any atom is 0.306 e. The zero-order valence-electron chi connectivity index (χ0n) is 44.9. The summed E-state index contributed by atoms with van der Waals surface area (Å²) in [6.07, 6.45) is 52.1. The van der Waals surface area contributed by atoms with Gasteiger partial charge in [0, 0.05) is 19.3 Å². The van der Waals surface area contributed by atoms with Gasteiger partial charge in [-0.15, -0.1) is 0 Å². The Hall–Kier alpha value is -1.67. The van der Waals surface area contributed by atoms with Gasteiger partial charge in [0.1, 0.15) is 12.7 Å². The van der Waals surface area contributed by atoms with Gasteiger partial charge >= 0.3 is 17.9 Å². The number of hydrogen-bond acceptors (Lipinski definition) is 8. The molecule has 0 rings (SSSR count). The molecule has 0 bridgehead atoms. The van der Waals surface area contributed by atoms with Crippen LogP contribution in [0.2, 0.25) is 0 Å². The first-order chi connectivity index (χ1) is 32.9. The van der Waals surface area contributed by atoms with Crippen LogP contribution in [0.1, 0.15) is 329 Å². The molecule has 0 saturated heterocycles. The maximum absolute atomic E-state index is 13.1. The number of carbonyl (C=O) groups excluding carboxylic acids is 3. The summed E-state index contributed by atoms with van der Waals surface area (Å²) in [5.41, 5.74) is 0. The third-order valence-electron chi connectivity index (χ3n) is 13.8. The average molecular weight is 952 g/mol. The average Bonchev–Trinajstić information content (AvgIpc) is 3.33. The van der Waals surface area contributed by atoms with Crippen molar-refractivity contribution in [1.82, 2.24) is 0 Å². The van der Waals surface area contributed by atoms with E-state index in [9.17, 15) is 24.6 Å². The Bertz CT molecular complexity index is 1030. The van der Waals surface area contributed by atoms with Crippen LogP contribution in [0.3, 0.4) is 0 Å². The van der Waals surface area contributed by atoms with E-state index >= 15 is 0 Å². The number of unbranched alkanes of at least 4 members (excludes halogenated alkanes) is 42. The second kappa shape index (κ2) is 53.7. The van der Waals surface area contributed by atoms with E-state index in [0.717, 1.165) is 57.8 Å². The lowest BCUT2D eigenvalue weighted by Gasteiger charge is -2.29. The Morgan fingerprint density at radius 3 is 0.806 bits per heavy atom. The fourth-order valence-corrected chi connectivity index (χ4v) is 9.31. The molecule has 0 fully saturated rings. The highest BCUT2D eigenvalue weighted by molar-refractivity contribution is 5.71. The highest BCUT2D eigenvalue weighted by atomic mass is 16.6. The quantitative estimate of drug-likeness (QED) is 0.0351. The molecule has 8 nitrogen and oxygen atoms in total. The smallest absolute Gasteiger partial charge is 0.306 e. The molecule has 0 radical (unpaired) electrons. The molecule has 0 heterocycles. The minimum absolute atomic E-state index is 0.172. The summed E-state index contributed by atoms with van der Waals surface area (Å²) in [7, 11) is 0. The van der Waals surface area contributed by atoms with Gasteiger partial charge < -0.3 is 24.4 Å². The molecule has 0 saturated carbocycles. The van der Waals surface area contributed by atoms with E-state index in [0.29, 0.717) is 12.8 Å². The SMILES string of the molecule is CCCCCCCCCCCCCCCCCC(=O)OC[C@H](OC(=O)CCCCCCCCCCCCCCCCC)[C@@H](OC(=O)CCCCCCCCCCCCCCCCC)[C@H](O)CO. The van der Waals surface area contributed by atoms with Crippen molar-refractivity contribution in [2.75, 3.05) is 13.2 Å². The first kappa shape index (κ1) is 65.3. The van der Waals surface area contributed by atoms with Crippen LogP contribution in [0.15, 0.2) is 0 Å². The molecule has 0 unspecified atom stereocenters. The number of carbonyl (C=O) groups is 3. The van der Waals surface area contributed by atoms with E-state index in [4.69, 9.17) is 14.2 Å². The van der Waals surface area contributed by atoms with Crippen LogP contribution in [-0.4, -0.2) is 59.6 Å². The third-order valence-corrected chi connectivity index (χ3v) is 13.8. The lowest BCUT2D eigenvalue weighted by Crippen LogP contribution is -2.47. The molecule has 0 spiro atoms. The van der Waals surface area contributed by atoms with Crippen LogP contribution in [0.25, 0.3) is 0 Å². The Morgan fingerprint density at radius 1 is 0.328 bits per heavy atom. The van der Waals surface area contributed by atoms with E-state index in [-0.39, 0.29) is 25.9 Å². The summed E-state index contributed by atoms with van der Waals surface area (Å²) >= 11 is 0. The zero-order chi connectivity index (χ0) is 48.9. The molecule has 2 N–H and O–H groups in total. The van der Waals surface area contributed by atoms with Crippen molar-refractivity contribution in [3.05, 3.63) is 0 Å². The number of aliphatic hydroxyl groups excluding tert-OH is 2. The van der Waals surface area contributed by atoms with Gasteiger partial charge in [0.25, 0.3) is 0 Å². The van der Waals surface area contributed by atoms with Gasteiger partial charge in [-0.1, -0.05) is 290 Å². The molecule has 3 atom stereocenters. The Balaban J connectivity index is 4.74. The molecule has 0 aromatic heterocycles. The predicted octanol–water partition coefficient (Wildman–Crippen LogP) is 17.5. The third kappa shape index (κ3) is 47.8. The molecule has 0 aliphatic carbocycles. The second-order valence-corrected chi connectivity index (χ2v) is 20.5. The monoisotopic (exact) mass is 951 g/mol. The van der Waals surface area contributed by atoms with E-state index < -0.39 is 42.8 Å². The van der Waals surface area contributed by atoms with Crippen LogP contribution in [-0.2, 0) is 28.6 Å². The molecule has 0 aliphatic heterocycles. The van der Waals surface area contributed by atoms with Gasteiger partial charge in [0.15, 0.2) is 12.2 Å². The lowest BCUT2D eigenvalue weighted by molar-refractivity contribution is -0.187. The minimum Gasteiger partial charge on any atom is -0.462 e. The Kier molecular flexibility index (Phi) is 52.3. The van der Waals surface area contributed by atoms with Gasteiger partial charge in [-0.05, 0) is 19.3 Å². The lowest BCUT2D eigenvalue weighted by atomic mass is 10.0. The first-order valence-corrected chi connectivity index (χ1v) is 29.7. The van der Waals surface area contributed by atoms with Gasteiger partial charge in [-0.25, -0.2) is 0 Å². The molecule has 0 aromatic rings. The molecular weight excluding hydrogens is 837 g/mol. The van der Waals surface area contributed by atoms with Gasteiger partial charge in [0.2, 0.25) is 0 Å². The van der Waals surface area contributed by atoms with Crippen molar-refractivity contribution < 1.29 is 38.8 Å². The molecular formula is C59H114O8. The summed E-state index contributed by atoms with van der Waals surface area (Å²) in [4.78, 5) is 39.1. The Morgan fingerprint density at radius 2 is 0.552 bits per heavy atom. The van der Waals surface area contributed by atoms with E-state index in [1.807, 2.05) is 0 Å². The number of ether oxygens (including phenoxy) is 3. The van der Waals surface area contributed by atoms with E-state index in [1.165, 1.54) is 218 Å². The van der Waals surface area contributed by atoms with Gasteiger partial charge in [-0.3, -0.25) is 14.4 Å². The number of aliphatic hydroxyl groups is 2. The molecule has 67 heavy (non-hydrogen) atoms. The molecule has 0 aliphatic rings. The number of esters is 3. The summed E-state index contributed by atoms with van der Waals surface area (Å²) in [5.74, 6) is -1.40. The zero-order valence-corrected chi connectivity index (χ0v) is 44.9. The highest BCUT2D eigenvalue weighted by Crippen LogP contribution is 2.20. The molecule has 398 valence electrons. The molecule has 8 heteroatoms. The van der Waals surface area contributed by atoms with E-state index in [2.05, 4.69) is 20.8 Å². The highest BCUT2D eigenvalue weighted by Gasteiger charge is 2.35. The van der Waals surface area contributed by atoms with Crippen molar-refractivity contribution >= 4 is 17.9 Å².